The fourth-order valence-corrected chi connectivity index (χ4v) is 4.05. The Bertz CT molecular complexity index is 999. The first-order valence-electron chi connectivity index (χ1n) is 9.82. The molecular weight excluding hydrogens is 402 g/mol. The van der Waals surface area contributed by atoms with Gasteiger partial charge in [0.15, 0.2) is 5.11 Å². The molecule has 0 amide bonds. The van der Waals surface area contributed by atoms with Gasteiger partial charge in [0.1, 0.15) is 0 Å². The predicted octanol–water partition coefficient (Wildman–Crippen LogP) is 4.20. The van der Waals surface area contributed by atoms with E-state index in [1.54, 1.807) is 11.3 Å². The van der Waals surface area contributed by atoms with Gasteiger partial charge in [-0.05, 0) is 67.0 Å². The maximum absolute atomic E-state index is 12.7. The topological polar surface area (TPSA) is 57.4 Å². The van der Waals surface area contributed by atoms with Crippen LogP contribution in [-0.4, -0.2) is 34.8 Å². The van der Waals surface area contributed by atoms with Gasteiger partial charge in [0, 0.05) is 35.7 Å². The zero-order chi connectivity index (χ0) is 20.6. The van der Waals surface area contributed by atoms with Crippen LogP contribution in [0.3, 0.4) is 0 Å². The minimum Gasteiger partial charge on any atom is -0.382 e. The Kier molecular flexibility index (Phi) is 7.80. The van der Waals surface area contributed by atoms with E-state index in [2.05, 4.69) is 27.8 Å². The normalized spacial score (nSPS) is 11.0. The number of aryl methyl sites for hydroxylation is 1. The molecule has 7 heteroatoms. The Hall–Kier alpha value is -2.22. The van der Waals surface area contributed by atoms with Crippen LogP contribution in [0.2, 0.25) is 0 Å². The molecule has 0 saturated carbocycles. The molecule has 0 radical (unpaired) electrons. The summed E-state index contributed by atoms with van der Waals surface area (Å²) < 4.78 is 5.38. The molecule has 0 aliphatic carbocycles. The summed E-state index contributed by atoms with van der Waals surface area (Å²) in [5.74, 6) is 0. The lowest BCUT2D eigenvalue weighted by Crippen LogP contribution is -2.40. The monoisotopic (exact) mass is 429 g/mol. The van der Waals surface area contributed by atoms with Crippen LogP contribution in [0.25, 0.3) is 10.9 Å². The number of aromatic amines is 1. The summed E-state index contributed by atoms with van der Waals surface area (Å²) >= 11 is 7.34. The predicted molar refractivity (Wildman–Crippen MR) is 125 cm³/mol. The van der Waals surface area contributed by atoms with Crippen molar-refractivity contribution < 1.29 is 4.74 Å². The number of ether oxygens (including phenoxy) is 1. The number of nitrogens with zero attached hydrogens (tertiary/aromatic N) is 1. The molecule has 0 aliphatic heterocycles. The van der Waals surface area contributed by atoms with Crippen molar-refractivity contribution in [3.63, 3.8) is 0 Å². The largest absolute Gasteiger partial charge is 0.382 e. The third kappa shape index (κ3) is 6.13. The lowest BCUT2D eigenvalue weighted by molar-refractivity contribution is 0.145. The van der Waals surface area contributed by atoms with E-state index in [1.165, 1.54) is 4.88 Å². The summed E-state index contributed by atoms with van der Waals surface area (Å²) in [5, 5.41) is 7.04. The molecule has 1 aromatic carbocycles. The molecule has 154 valence electrons. The van der Waals surface area contributed by atoms with Crippen molar-refractivity contribution in [3.8, 4) is 0 Å². The van der Waals surface area contributed by atoms with Crippen molar-refractivity contribution in [2.45, 2.75) is 33.4 Å². The van der Waals surface area contributed by atoms with Gasteiger partial charge in [-0.25, -0.2) is 0 Å². The lowest BCUT2D eigenvalue weighted by atomic mass is 10.1. The number of thiocarbonyl (C=S) groups is 1. The minimum absolute atomic E-state index is 0.0709. The second-order valence-corrected chi connectivity index (χ2v) is 8.35. The van der Waals surface area contributed by atoms with Crippen molar-refractivity contribution in [1.29, 1.82) is 0 Å². The quantitative estimate of drug-likeness (QED) is 0.394. The molecule has 0 spiro atoms. The van der Waals surface area contributed by atoms with Crippen LogP contribution < -0.4 is 10.9 Å². The summed E-state index contributed by atoms with van der Waals surface area (Å²) in [5.41, 5.74) is 2.62. The average molecular weight is 430 g/mol. The van der Waals surface area contributed by atoms with Crippen molar-refractivity contribution >= 4 is 39.6 Å². The second-order valence-electron chi connectivity index (χ2n) is 6.93. The van der Waals surface area contributed by atoms with Crippen LogP contribution in [0.1, 0.15) is 29.3 Å². The van der Waals surface area contributed by atoms with E-state index in [1.807, 2.05) is 43.0 Å². The van der Waals surface area contributed by atoms with E-state index < -0.39 is 0 Å². The maximum Gasteiger partial charge on any atom is 0.253 e. The van der Waals surface area contributed by atoms with Gasteiger partial charge in [-0.15, -0.1) is 11.3 Å². The smallest absolute Gasteiger partial charge is 0.253 e. The number of aromatic nitrogens is 1. The van der Waals surface area contributed by atoms with Crippen molar-refractivity contribution in [2.24, 2.45) is 0 Å². The van der Waals surface area contributed by atoms with Crippen molar-refractivity contribution in [3.05, 3.63) is 68.1 Å². The first-order chi connectivity index (χ1) is 14.1. The molecule has 29 heavy (non-hydrogen) atoms. The highest BCUT2D eigenvalue weighted by molar-refractivity contribution is 7.80. The summed E-state index contributed by atoms with van der Waals surface area (Å²) in [6, 6.07) is 12.2. The molecule has 0 saturated heterocycles. The average Bonchev–Trinajstić information content (AvgIpc) is 3.21. The Morgan fingerprint density at radius 2 is 2.14 bits per heavy atom. The van der Waals surface area contributed by atoms with Gasteiger partial charge in [0.2, 0.25) is 0 Å². The van der Waals surface area contributed by atoms with Crippen LogP contribution >= 0.6 is 23.6 Å². The molecule has 3 aromatic rings. The second kappa shape index (κ2) is 10.5. The Labute approximate surface area is 180 Å². The highest BCUT2D eigenvalue weighted by atomic mass is 32.1. The molecule has 0 atom stereocenters. The molecule has 2 aromatic heterocycles. The number of thiophene rings is 1. The maximum atomic E-state index is 12.7. The van der Waals surface area contributed by atoms with E-state index in [4.69, 9.17) is 17.0 Å². The van der Waals surface area contributed by atoms with Crippen LogP contribution in [0.4, 0.5) is 0 Å². The molecule has 2 N–H and O–H groups in total. The number of fused-ring (bicyclic) bond motifs is 1. The Morgan fingerprint density at radius 1 is 1.28 bits per heavy atom. The number of benzene rings is 1. The molecule has 0 fully saturated rings. The fourth-order valence-electron chi connectivity index (χ4n) is 3.10. The van der Waals surface area contributed by atoms with Crippen molar-refractivity contribution in [2.75, 3.05) is 19.8 Å². The SMILES string of the molecule is CCOCCCNC(=S)N(Cc1cccs1)Cc1cc2ccc(C)cc2[nH]c1=O. The van der Waals surface area contributed by atoms with E-state index in [0.717, 1.165) is 36.0 Å². The third-order valence-corrected chi connectivity index (χ3v) is 5.86. The standard InChI is InChI=1S/C22H27N3O2S2/c1-3-27-10-5-9-23-22(28)25(15-19-6-4-11-29-19)14-18-13-17-8-7-16(2)12-20(17)24-21(18)26/h4,6-8,11-13H,3,5,9-10,14-15H2,1-2H3,(H,23,28)(H,24,26). The van der Waals surface area contributed by atoms with Gasteiger partial charge in [0.05, 0.1) is 13.1 Å². The fraction of sp³-hybridized carbons (Fsp3) is 0.364. The van der Waals surface area contributed by atoms with Crippen LogP contribution in [0.5, 0.6) is 0 Å². The molecule has 2 heterocycles. The highest BCUT2D eigenvalue weighted by Crippen LogP contribution is 2.17. The molecule has 0 unspecified atom stereocenters. The molecule has 3 rings (SSSR count). The number of hydrogen-bond acceptors (Lipinski definition) is 4. The van der Waals surface area contributed by atoms with Crippen LogP contribution in [0, 0.1) is 6.92 Å². The van der Waals surface area contributed by atoms with E-state index >= 15 is 0 Å². The first kappa shape index (κ1) is 21.5. The molecule has 0 aliphatic rings. The van der Waals surface area contributed by atoms with Gasteiger partial charge >= 0.3 is 0 Å². The first-order valence-corrected chi connectivity index (χ1v) is 11.1. The van der Waals surface area contributed by atoms with Crippen LogP contribution in [-0.2, 0) is 17.8 Å². The number of nitrogens with one attached hydrogen (secondary N) is 2. The Morgan fingerprint density at radius 3 is 2.90 bits per heavy atom. The third-order valence-electron chi connectivity index (χ3n) is 4.60. The van der Waals surface area contributed by atoms with Gasteiger partial charge in [-0.1, -0.05) is 18.2 Å². The molecular formula is C22H27N3O2S2. The number of pyridine rings is 1. The van der Waals surface area contributed by atoms with E-state index in [-0.39, 0.29) is 5.56 Å². The zero-order valence-corrected chi connectivity index (χ0v) is 18.5. The van der Waals surface area contributed by atoms with Crippen molar-refractivity contribution in [1.82, 2.24) is 15.2 Å². The lowest BCUT2D eigenvalue weighted by Gasteiger charge is -2.25. The number of hydrogen-bond donors (Lipinski definition) is 2. The van der Waals surface area contributed by atoms with Crippen LogP contribution in [0.15, 0.2) is 46.6 Å². The minimum atomic E-state index is -0.0709. The van der Waals surface area contributed by atoms with E-state index in [9.17, 15) is 4.79 Å². The zero-order valence-electron chi connectivity index (χ0n) is 16.9. The summed E-state index contributed by atoms with van der Waals surface area (Å²) in [6.07, 6.45) is 0.886. The number of rotatable bonds is 9. The summed E-state index contributed by atoms with van der Waals surface area (Å²) in [4.78, 5) is 18.9. The van der Waals surface area contributed by atoms with Gasteiger partial charge in [-0.2, -0.15) is 0 Å². The van der Waals surface area contributed by atoms with Gasteiger partial charge in [0.25, 0.3) is 5.56 Å². The highest BCUT2D eigenvalue weighted by Gasteiger charge is 2.14. The molecule has 5 nitrogen and oxygen atoms in total. The number of H-pyrrole nitrogens is 1. The van der Waals surface area contributed by atoms with Gasteiger partial charge in [-0.3, -0.25) is 4.79 Å². The Balaban J connectivity index is 1.76. The summed E-state index contributed by atoms with van der Waals surface area (Å²) in [7, 11) is 0. The summed E-state index contributed by atoms with van der Waals surface area (Å²) in [6.45, 7) is 7.30. The molecule has 0 bridgehead atoms. The van der Waals surface area contributed by atoms with Gasteiger partial charge < -0.3 is 19.9 Å². The van der Waals surface area contributed by atoms with E-state index in [0.29, 0.717) is 30.4 Å².